The molecule has 0 saturated carbocycles. The van der Waals surface area contributed by atoms with Gasteiger partial charge in [0.25, 0.3) is 0 Å². The van der Waals surface area contributed by atoms with E-state index in [0.717, 1.165) is 11.4 Å². The van der Waals surface area contributed by atoms with Crippen molar-refractivity contribution in [1.82, 2.24) is 5.32 Å². The molecule has 0 radical (unpaired) electrons. The molecule has 0 amide bonds. The normalized spacial score (nSPS) is 21.1. The molecule has 1 aliphatic rings. The fraction of sp³-hybridized carbons (Fsp3) is 0.368. The summed E-state index contributed by atoms with van der Waals surface area (Å²) < 4.78 is 0. The number of hydrogen-bond donors (Lipinski definition) is 1. The molecule has 0 bridgehead atoms. The van der Waals surface area contributed by atoms with Gasteiger partial charge >= 0.3 is 0 Å². The van der Waals surface area contributed by atoms with Crippen molar-refractivity contribution in [3.05, 3.63) is 69.7 Å². The Morgan fingerprint density at radius 3 is 2.52 bits per heavy atom. The Kier molecular flexibility index (Phi) is 4.32. The maximum Gasteiger partial charge on any atom is 0.0440 e. The summed E-state index contributed by atoms with van der Waals surface area (Å²) in [6.45, 7) is 2.15. The van der Waals surface area contributed by atoms with Gasteiger partial charge in [0.15, 0.2) is 0 Å². The molecule has 1 nitrogen and oxygen atoms in total. The van der Waals surface area contributed by atoms with Gasteiger partial charge in [-0.15, -0.1) is 0 Å². The highest BCUT2D eigenvalue weighted by Crippen LogP contribution is 2.41. The highest BCUT2D eigenvalue weighted by molar-refractivity contribution is 6.31. The van der Waals surface area contributed by atoms with Crippen LogP contribution in [0.5, 0.6) is 0 Å². The Hall–Kier alpha value is -1.31. The molecule has 2 heteroatoms. The second-order valence-corrected chi connectivity index (χ2v) is 6.21. The molecule has 2 atom stereocenters. The number of rotatable bonds is 3. The molecule has 0 fully saturated rings. The Balaban J connectivity index is 2.02. The molecule has 2 unspecified atom stereocenters. The van der Waals surface area contributed by atoms with Gasteiger partial charge in [-0.25, -0.2) is 0 Å². The summed E-state index contributed by atoms with van der Waals surface area (Å²) in [5.41, 5.74) is 5.46. The second kappa shape index (κ2) is 6.21. The SMILES string of the molecule is CCc1ccc(C2CCC(NC)c3ccccc32)cc1Cl. The van der Waals surface area contributed by atoms with E-state index in [1.54, 1.807) is 0 Å². The number of benzene rings is 2. The fourth-order valence-electron chi connectivity index (χ4n) is 3.50. The lowest BCUT2D eigenvalue weighted by Crippen LogP contribution is -2.24. The van der Waals surface area contributed by atoms with E-state index >= 15 is 0 Å². The zero-order valence-corrected chi connectivity index (χ0v) is 13.5. The molecule has 0 heterocycles. The number of hydrogen-bond acceptors (Lipinski definition) is 1. The van der Waals surface area contributed by atoms with Gasteiger partial charge < -0.3 is 5.32 Å². The maximum absolute atomic E-state index is 6.42. The van der Waals surface area contributed by atoms with Crippen molar-refractivity contribution in [2.75, 3.05) is 7.05 Å². The Labute approximate surface area is 132 Å². The van der Waals surface area contributed by atoms with E-state index in [2.05, 4.69) is 61.8 Å². The van der Waals surface area contributed by atoms with Crippen LogP contribution in [0, 0.1) is 0 Å². The quantitative estimate of drug-likeness (QED) is 0.832. The molecule has 0 spiro atoms. The van der Waals surface area contributed by atoms with Gasteiger partial charge in [0.05, 0.1) is 0 Å². The third-order valence-electron chi connectivity index (χ3n) is 4.70. The number of nitrogens with one attached hydrogen (secondary N) is 1. The van der Waals surface area contributed by atoms with Gasteiger partial charge in [0.1, 0.15) is 0 Å². The van der Waals surface area contributed by atoms with Crippen molar-refractivity contribution in [1.29, 1.82) is 0 Å². The predicted molar refractivity (Wildman–Crippen MR) is 90.1 cm³/mol. The standard InChI is InChI=1S/C19H22ClN/c1-3-13-8-9-14(12-18(13)20)15-10-11-19(21-2)17-7-5-4-6-16(15)17/h4-9,12,15,19,21H,3,10-11H2,1-2H3. The highest BCUT2D eigenvalue weighted by Gasteiger charge is 2.27. The fourth-order valence-corrected chi connectivity index (χ4v) is 3.83. The van der Waals surface area contributed by atoms with Crippen molar-refractivity contribution in [3.8, 4) is 0 Å². The van der Waals surface area contributed by atoms with Crippen LogP contribution in [0.15, 0.2) is 42.5 Å². The van der Waals surface area contributed by atoms with Crippen molar-refractivity contribution >= 4 is 11.6 Å². The monoisotopic (exact) mass is 299 g/mol. The van der Waals surface area contributed by atoms with Crippen LogP contribution >= 0.6 is 11.6 Å². The summed E-state index contributed by atoms with van der Waals surface area (Å²) >= 11 is 6.42. The van der Waals surface area contributed by atoms with Gasteiger partial charge in [-0.2, -0.15) is 0 Å². The number of aryl methyl sites for hydroxylation is 1. The van der Waals surface area contributed by atoms with Crippen molar-refractivity contribution in [3.63, 3.8) is 0 Å². The molecule has 0 aromatic heterocycles. The maximum atomic E-state index is 6.42. The van der Waals surface area contributed by atoms with Crippen molar-refractivity contribution in [2.24, 2.45) is 0 Å². The van der Waals surface area contributed by atoms with E-state index < -0.39 is 0 Å². The average Bonchev–Trinajstić information content (AvgIpc) is 2.53. The van der Waals surface area contributed by atoms with Gasteiger partial charge in [-0.3, -0.25) is 0 Å². The van der Waals surface area contributed by atoms with Gasteiger partial charge in [0, 0.05) is 17.0 Å². The smallest absolute Gasteiger partial charge is 0.0440 e. The molecule has 110 valence electrons. The predicted octanol–water partition coefficient (Wildman–Crippen LogP) is 5.09. The summed E-state index contributed by atoms with van der Waals surface area (Å²) in [4.78, 5) is 0. The van der Waals surface area contributed by atoms with Crippen LogP contribution < -0.4 is 5.32 Å². The Bertz CT molecular complexity index is 635. The lowest BCUT2D eigenvalue weighted by Gasteiger charge is -2.32. The van der Waals surface area contributed by atoms with E-state index in [9.17, 15) is 0 Å². The van der Waals surface area contributed by atoms with Gasteiger partial charge in [0.2, 0.25) is 0 Å². The van der Waals surface area contributed by atoms with E-state index in [0.29, 0.717) is 12.0 Å². The molecular formula is C19H22ClN. The first kappa shape index (κ1) is 14.6. The Morgan fingerprint density at radius 2 is 1.86 bits per heavy atom. The third-order valence-corrected chi connectivity index (χ3v) is 5.05. The van der Waals surface area contributed by atoms with Gasteiger partial charge in [-0.05, 0) is 54.6 Å². The minimum Gasteiger partial charge on any atom is -0.313 e. The van der Waals surface area contributed by atoms with Crippen LogP contribution in [0.2, 0.25) is 5.02 Å². The molecule has 1 aliphatic carbocycles. The van der Waals surface area contributed by atoms with E-state index in [4.69, 9.17) is 11.6 Å². The van der Waals surface area contributed by atoms with Crippen molar-refractivity contribution in [2.45, 2.75) is 38.1 Å². The number of halogens is 1. The lowest BCUT2D eigenvalue weighted by atomic mass is 9.76. The summed E-state index contributed by atoms with van der Waals surface area (Å²) in [7, 11) is 2.05. The summed E-state index contributed by atoms with van der Waals surface area (Å²) in [5, 5.41) is 4.34. The summed E-state index contributed by atoms with van der Waals surface area (Å²) in [6.07, 6.45) is 3.33. The Morgan fingerprint density at radius 1 is 1.10 bits per heavy atom. The van der Waals surface area contributed by atoms with Crippen LogP contribution in [0.1, 0.15) is 54.0 Å². The molecule has 2 aromatic rings. The molecule has 0 aliphatic heterocycles. The molecular weight excluding hydrogens is 278 g/mol. The summed E-state index contributed by atoms with van der Waals surface area (Å²) in [6, 6.07) is 15.9. The second-order valence-electron chi connectivity index (χ2n) is 5.80. The number of fused-ring (bicyclic) bond motifs is 1. The van der Waals surface area contributed by atoms with Crippen LogP contribution in [-0.2, 0) is 6.42 Å². The van der Waals surface area contributed by atoms with E-state index in [-0.39, 0.29) is 0 Å². The van der Waals surface area contributed by atoms with Crippen molar-refractivity contribution < 1.29 is 0 Å². The average molecular weight is 300 g/mol. The van der Waals surface area contributed by atoms with E-state index in [1.807, 2.05) is 0 Å². The van der Waals surface area contributed by atoms with Crippen LogP contribution in [0.3, 0.4) is 0 Å². The molecule has 2 aromatic carbocycles. The topological polar surface area (TPSA) is 12.0 Å². The summed E-state index contributed by atoms with van der Waals surface area (Å²) in [5.74, 6) is 0.467. The third kappa shape index (κ3) is 2.73. The minimum absolute atomic E-state index is 0.467. The first-order valence-corrected chi connectivity index (χ1v) is 8.16. The zero-order chi connectivity index (χ0) is 14.8. The highest BCUT2D eigenvalue weighted by atomic mass is 35.5. The zero-order valence-electron chi connectivity index (χ0n) is 12.7. The molecule has 1 N–H and O–H groups in total. The van der Waals surface area contributed by atoms with Crippen LogP contribution in [0.25, 0.3) is 0 Å². The van der Waals surface area contributed by atoms with E-state index in [1.165, 1.54) is 35.1 Å². The molecule has 21 heavy (non-hydrogen) atoms. The lowest BCUT2D eigenvalue weighted by molar-refractivity contribution is 0.471. The first-order chi connectivity index (χ1) is 10.2. The van der Waals surface area contributed by atoms with Gasteiger partial charge in [-0.1, -0.05) is 54.9 Å². The van der Waals surface area contributed by atoms with Crippen LogP contribution in [-0.4, -0.2) is 7.05 Å². The largest absolute Gasteiger partial charge is 0.313 e. The molecule has 3 rings (SSSR count). The first-order valence-electron chi connectivity index (χ1n) is 7.79. The molecule has 0 saturated heterocycles. The van der Waals surface area contributed by atoms with Crippen LogP contribution in [0.4, 0.5) is 0 Å². The minimum atomic E-state index is 0.467.